The smallest absolute Gasteiger partial charge is 0.337 e. The number of aryl methyl sites for hydroxylation is 2. The Morgan fingerprint density at radius 3 is 2.47 bits per heavy atom. The fraction of sp³-hybridized carbons (Fsp3) is 0.541. The van der Waals surface area contributed by atoms with Crippen molar-refractivity contribution in [2.75, 3.05) is 31.1 Å². The number of pyridine rings is 2. The zero-order valence-electron chi connectivity index (χ0n) is 28.4. The van der Waals surface area contributed by atoms with Gasteiger partial charge in [0.25, 0.3) is 0 Å². The quantitative estimate of drug-likeness (QED) is 0.269. The summed E-state index contributed by atoms with van der Waals surface area (Å²) < 4.78 is 12.0. The maximum Gasteiger partial charge on any atom is 0.337 e. The third-order valence-corrected chi connectivity index (χ3v) is 9.08. The normalized spacial score (nSPS) is 17.6. The van der Waals surface area contributed by atoms with Crippen molar-refractivity contribution in [3.05, 3.63) is 70.2 Å². The first-order valence-corrected chi connectivity index (χ1v) is 16.3. The SMILES string of the molecule is CCOc1ncccc1CN1CCc2cc(-c3c(C)nc(C)c([C@H](OC(C)(C)C)C(=O)O)c3N3CCC(C)(C)CC3)ccc2C1. The standard InChI is InChI=1S/C37H50N4O4/c1-9-44-34-29(11-10-17-38-34)23-40-18-14-26-21-27(12-13-28(26)22-40)30-24(2)39-25(3)31(33(35(42)43)45-36(4,5)6)32(30)41-19-15-37(7,8)16-20-41/h10-13,17,21,33H,9,14-16,18-20,22-23H2,1-8H3,(H,42,43)/t33-/m0/s1. The van der Waals surface area contributed by atoms with E-state index in [-0.39, 0.29) is 5.41 Å². The van der Waals surface area contributed by atoms with Crippen LogP contribution in [0.25, 0.3) is 11.1 Å². The molecule has 5 rings (SSSR count). The summed E-state index contributed by atoms with van der Waals surface area (Å²) in [6.07, 6.45) is 3.65. The van der Waals surface area contributed by atoms with Gasteiger partial charge in [0.1, 0.15) is 0 Å². The van der Waals surface area contributed by atoms with Gasteiger partial charge in [0, 0.05) is 67.0 Å². The topological polar surface area (TPSA) is 88.0 Å². The molecule has 2 aliphatic heterocycles. The van der Waals surface area contributed by atoms with Gasteiger partial charge in [0.2, 0.25) is 5.88 Å². The first-order valence-electron chi connectivity index (χ1n) is 16.3. The number of carboxylic acids is 1. The number of piperidine rings is 1. The molecule has 1 aromatic carbocycles. The van der Waals surface area contributed by atoms with Gasteiger partial charge in [0.15, 0.2) is 6.10 Å². The second kappa shape index (κ2) is 13.1. The van der Waals surface area contributed by atoms with E-state index in [1.54, 1.807) is 6.20 Å². The first kappa shape index (κ1) is 32.9. The van der Waals surface area contributed by atoms with Crippen LogP contribution in [0.1, 0.15) is 94.1 Å². The van der Waals surface area contributed by atoms with Gasteiger partial charge in [-0.2, -0.15) is 0 Å². The van der Waals surface area contributed by atoms with Crippen LogP contribution in [0.3, 0.4) is 0 Å². The Hall–Kier alpha value is -3.49. The van der Waals surface area contributed by atoms with Crippen molar-refractivity contribution < 1.29 is 19.4 Å². The summed E-state index contributed by atoms with van der Waals surface area (Å²) >= 11 is 0. The van der Waals surface area contributed by atoms with Gasteiger partial charge in [-0.3, -0.25) is 9.88 Å². The molecule has 3 aromatic rings. The van der Waals surface area contributed by atoms with Crippen LogP contribution in [0, 0.1) is 19.3 Å². The lowest BCUT2D eigenvalue weighted by Crippen LogP contribution is -2.39. The highest BCUT2D eigenvalue weighted by molar-refractivity contribution is 5.88. The number of hydrogen-bond acceptors (Lipinski definition) is 7. The minimum atomic E-state index is -1.12. The predicted octanol–water partition coefficient (Wildman–Crippen LogP) is 7.28. The zero-order valence-corrected chi connectivity index (χ0v) is 28.4. The third kappa shape index (κ3) is 7.50. The van der Waals surface area contributed by atoms with Crippen molar-refractivity contribution in [2.24, 2.45) is 5.41 Å². The fourth-order valence-electron chi connectivity index (χ4n) is 6.71. The van der Waals surface area contributed by atoms with E-state index < -0.39 is 17.7 Å². The number of aromatic nitrogens is 2. The molecule has 1 atom stereocenters. The van der Waals surface area contributed by atoms with E-state index >= 15 is 0 Å². The minimum absolute atomic E-state index is 0.249. The van der Waals surface area contributed by atoms with Crippen LogP contribution >= 0.6 is 0 Å². The number of carbonyl (C=O) groups is 1. The van der Waals surface area contributed by atoms with E-state index in [1.807, 2.05) is 40.7 Å². The zero-order chi connectivity index (χ0) is 32.5. The lowest BCUT2D eigenvalue weighted by atomic mass is 9.81. The molecule has 1 N–H and O–H groups in total. The van der Waals surface area contributed by atoms with Crippen LogP contribution in [0.15, 0.2) is 36.5 Å². The van der Waals surface area contributed by atoms with Crippen molar-refractivity contribution >= 4 is 11.7 Å². The van der Waals surface area contributed by atoms with Crippen LogP contribution in [0.2, 0.25) is 0 Å². The average Bonchev–Trinajstić information content (AvgIpc) is 2.96. The molecule has 2 aromatic heterocycles. The molecule has 0 unspecified atom stereocenters. The highest BCUT2D eigenvalue weighted by atomic mass is 16.5. The number of rotatable bonds is 9. The molecule has 1 saturated heterocycles. The maximum absolute atomic E-state index is 12.8. The second-order valence-corrected chi connectivity index (χ2v) is 14.4. The molecular formula is C37H50N4O4. The van der Waals surface area contributed by atoms with Gasteiger partial charge in [-0.1, -0.05) is 38.1 Å². The number of anilines is 1. The predicted molar refractivity (Wildman–Crippen MR) is 179 cm³/mol. The molecule has 0 amide bonds. The second-order valence-electron chi connectivity index (χ2n) is 14.4. The summed E-state index contributed by atoms with van der Waals surface area (Å²) in [7, 11) is 0. The van der Waals surface area contributed by atoms with Gasteiger partial charge in [-0.25, -0.2) is 9.78 Å². The largest absolute Gasteiger partial charge is 0.479 e. The van der Waals surface area contributed by atoms with Crippen LogP contribution in [-0.4, -0.2) is 57.8 Å². The van der Waals surface area contributed by atoms with Gasteiger partial charge < -0.3 is 19.5 Å². The van der Waals surface area contributed by atoms with E-state index in [9.17, 15) is 9.90 Å². The lowest BCUT2D eigenvalue weighted by Gasteiger charge is -2.41. The van der Waals surface area contributed by atoms with Crippen molar-refractivity contribution in [1.82, 2.24) is 14.9 Å². The van der Waals surface area contributed by atoms with Crippen molar-refractivity contribution in [1.29, 1.82) is 0 Å². The highest BCUT2D eigenvalue weighted by Gasteiger charge is 2.36. The van der Waals surface area contributed by atoms with Crippen LogP contribution in [0.5, 0.6) is 5.88 Å². The molecule has 2 aliphatic rings. The van der Waals surface area contributed by atoms with Crippen molar-refractivity contribution in [3.63, 3.8) is 0 Å². The monoisotopic (exact) mass is 614 g/mol. The Kier molecular flexibility index (Phi) is 9.57. The summed E-state index contributed by atoms with van der Waals surface area (Å²) in [4.78, 5) is 27.1. The van der Waals surface area contributed by atoms with E-state index in [4.69, 9.17) is 14.5 Å². The van der Waals surface area contributed by atoms with Crippen LogP contribution in [-0.2, 0) is 29.0 Å². The number of aliphatic carboxylic acids is 1. The Balaban J connectivity index is 1.55. The van der Waals surface area contributed by atoms with E-state index in [0.717, 1.165) is 80.1 Å². The van der Waals surface area contributed by atoms with Crippen molar-refractivity contribution in [2.45, 2.75) is 99.4 Å². The summed E-state index contributed by atoms with van der Waals surface area (Å²) in [5, 5.41) is 10.5. The molecule has 242 valence electrons. The number of fused-ring (bicyclic) bond motifs is 1. The fourth-order valence-corrected chi connectivity index (χ4v) is 6.71. The Bertz CT molecular complexity index is 1530. The average molecular weight is 615 g/mol. The summed E-state index contributed by atoms with van der Waals surface area (Å²) in [6, 6.07) is 10.8. The molecule has 0 spiro atoms. The molecule has 1 fully saturated rings. The van der Waals surface area contributed by atoms with Crippen LogP contribution < -0.4 is 9.64 Å². The Labute approximate surface area is 268 Å². The Morgan fingerprint density at radius 2 is 1.80 bits per heavy atom. The number of benzene rings is 1. The number of nitrogens with zero attached hydrogens (tertiary/aromatic N) is 4. The molecule has 0 radical (unpaired) electrons. The van der Waals surface area contributed by atoms with E-state index in [2.05, 4.69) is 59.8 Å². The van der Waals surface area contributed by atoms with Crippen molar-refractivity contribution in [3.8, 4) is 17.0 Å². The first-order chi connectivity index (χ1) is 21.3. The molecule has 8 nitrogen and oxygen atoms in total. The molecule has 0 bridgehead atoms. The number of hydrogen-bond donors (Lipinski definition) is 1. The van der Waals surface area contributed by atoms with E-state index in [1.165, 1.54) is 11.1 Å². The van der Waals surface area contributed by atoms with Gasteiger partial charge in [-0.05, 0) is 89.0 Å². The molecule has 45 heavy (non-hydrogen) atoms. The van der Waals surface area contributed by atoms with Gasteiger partial charge >= 0.3 is 5.97 Å². The Morgan fingerprint density at radius 1 is 1.07 bits per heavy atom. The number of carboxylic acid groups (broad SMARTS) is 1. The van der Waals surface area contributed by atoms with E-state index in [0.29, 0.717) is 23.7 Å². The molecule has 4 heterocycles. The number of ether oxygens (including phenoxy) is 2. The summed E-state index contributed by atoms with van der Waals surface area (Å²) in [5.41, 5.74) is 8.70. The van der Waals surface area contributed by atoms with Gasteiger partial charge in [0.05, 0.1) is 17.9 Å². The third-order valence-electron chi connectivity index (χ3n) is 9.08. The molecular weight excluding hydrogens is 564 g/mol. The maximum atomic E-state index is 12.8. The highest BCUT2D eigenvalue weighted by Crippen LogP contribution is 2.45. The van der Waals surface area contributed by atoms with Crippen LogP contribution in [0.4, 0.5) is 5.69 Å². The minimum Gasteiger partial charge on any atom is -0.479 e. The molecule has 0 aliphatic carbocycles. The molecule has 8 heteroatoms. The lowest BCUT2D eigenvalue weighted by molar-refractivity contribution is -0.160. The molecule has 0 saturated carbocycles. The summed E-state index contributed by atoms with van der Waals surface area (Å²) in [6.45, 7) is 21.2. The summed E-state index contributed by atoms with van der Waals surface area (Å²) in [5.74, 6) is -0.280. The van der Waals surface area contributed by atoms with Gasteiger partial charge in [-0.15, -0.1) is 0 Å².